The van der Waals surface area contributed by atoms with Crippen molar-refractivity contribution in [2.45, 2.75) is 39.2 Å². The van der Waals surface area contributed by atoms with Crippen LogP contribution < -0.4 is 0 Å². The number of imidazole rings is 1. The lowest BCUT2D eigenvalue weighted by molar-refractivity contribution is 0.615. The van der Waals surface area contributed by atoms with Gasteiger partial charge >= 0.3 is 0 Å². The molecule has 0 bridgehead atoms. The van der Waals surface area contributed by atoms with E-state index in [2.05, 4.69) is 26.6 Å². The number of thiazole rings is 1. The molecular formula is C13H16ClN5S. The Morgan fingerprint density at radius 2 is 2.25 bits per heavy atom. The van der Waals surface area contributed by atoms with Gasteiger partial charge in [-0.1, -0.05) is 0 Å². The second-order valence-electron chi connectivity index (χ2n) is 4.56. The average molecular weight is 310 g/mol. The molecule has 3 aromatic rings. The Kier molecular flexibility index (Phi) is 3.76. The number of aryl methyl sites for hydroxylation is 4. The number of hydrogen-bond acceptors (Lipinski definition) is 4. The summed E-state index contributed by atoms with van der Waals surface area (Å²) >= 11 is 7.72. The monoisotopic (exact) mass is 309 g/mol. The molecule has 106 valence electrons. The van der Waals surface area contributed by atoms with Gasteiger partial charge in [-0.05, 0) is 13.8 Å². The van der Waals surface area contributed by atoms with Gasteiger partial charge in [0.05, 0.1) is 16.6 Å². The quantitative estimate of drug-likeness (QED) is 0.681. The van der Waals surface area contributed by atoms with E-state index in [1.54, 1.807) is 11.3 Å². The third kappa shape index (κ3) is 2.23. The van der Waals surface area contributed by atoms with Crippen LogP contribution in [0.15, 0.2) is 11.6 Å². The van der Waals surface area contributed by atoms with Crippen molar-refractivity contribution in [2.24, 2.45) is 0 Å². The summed E-state index contributed by atoms with van der Waals surface area (Å²) in [6, 6.07) is 0. The lowest BCUT2D eigenvalue weighted by Gasteiger charge is -2.08. The second kappa shape index (κ2) is 5.54. The van der Waals surface area contributed by atoms with Crippen LogP contribution in [0.1, 0.15) is 23.4 Å². The highest BCUT2D eigenvalue weighted by Gasteiger charge is 2.17. The van der Waals surface area contributed by atoms with E-state index in [1.807, 2.05) is 23.2 Å². The van der Waals surface area contributed by atoms with Crippen LogP contribution in [0.3, 0.4) is 0 Å². The van der Waals surface area contributed by atoms with Crippen molar-refractivity contribution in [2.75, 3.05) is 0 Å². The molecule has 0 radical (unpaired) electrons. The third-order valence-corrected chi connectivity index (χ3v) is 4.41. The number of fused-ring (bicyclic) bond motifs is 1. The van der Waals surface area contributed by atoms with Crippen LogP contribution >= 0.6 is 22.9 Å². The molecule has 3 aromatic heterocycles. The van der Waals surface area contributed by atoms with Gasteiger partial charge in [0.15, 0.2) is 5.65 Å². The summed E-state index contributed by atoms with van der Waals surface area (Å²) in [5.41, 5.74) is 2.99. The van der Waals surface area contributed by atoms with Crippen LogP contribution in [0.4, 0.5) is 0 Å². The number of halogens is 1. The smallest absolute Gasteiger partial charge is 0.158 e. The van der Waals surface area contributed by atoms with Gasteiger partial charge in [0.25, 0.3) is 0 Å². The van der Waals surface area contributed by atoms with Gasteiger partial charge in [0, 0.05) is 31.1 Å². The first kappa shape index (κ1) is 13.6. The van der Waals surface area contributed by atoms with Gasteiger partial charge < -0.3 is 4.57 Å². The summed E-state index contributed by atoms with van der Waals surface area (Å²) in [6.45, 7) is 5.74. The SMILES string of the molecule is CCn1nc(C)c2nc(CCl)n(CCc3nccs3)c21. The van der Waals surface area contributed by atoms with E-state index in [-0.39, 0.29) is 0 Å². The number of alkyl halides is 1. The van der Waals surface area contributed by atoms with Crippen LogP contribution in [-0.2, 0) is 25.4 Å². The van der Waals surface area contributed by atoms with Crippen molar-refractivity contribution in [3.8, 4) is 0 Å². The minimum absolute atomic E-state index is 0.412. The first-order chi connectivity index (χ1) is 9.74. The molecular weight excluding hydrogens is 294 g/mol. The zero-order valence-electron chi connectivity index (χ0n) is 11.5. The molecule has 0 saturated carbocycles. The topological polar surface area (TPSA) is 48.5 Å². The molecule has 0 fully saturated rings. The minimum atomic E-state index is 0.412. The fourth-order valence-electron chi connectivity index (χ4n) is 2.41. The van der Waals surface area contributed by atoms with Gasteiger partial charge in [-0.3, -0.25) is 0 Å². The molecule has 5 nitrogen and oxygen atoms in total. The highest BCUT2D eigenvalue weighted by Crippen LogP contribution is 2.21. The lowest BCUT2D eigenvalue weighted by atomic mass is 10.4. The maximum Gasteiger partial charge on any atom is 0.158 e. The normalized spacial score (nSPS) is 11.6. The van der Waals surface area contributed by atoms with E-state index < -0.39 is 0 Å². The number of aromatic nitrogens is 5. The Morgan fingerprint density at radius 3 is 2.90 bits per heavy atom. The summed E-state index contributed by atoms with van der Waals surface area (Å²) in [4.78, 5) is 8.96. The molecule has 0 amide bonds. The van der Waals surface area contributed by atoms with E-state index in [0.29, 0.717) is 5.88 Å². The van der Waals surface area contributed by atoms with Crippen molar-refractivity contribution in [1.29, 1.82) is 0 Å². The van der Waals surface area contributed by atoms with E-state index in [1.165, 1.54) is 0 Å². The average Bonchev–Trinajstić information content (AvgIpc) is 3.14. The molecule has 0 N–H and O–H groups in total. The van der Waals surface area contributed by atoms with Crippen LogP contribution in [0.25, 0.3) is 11.2 Å². The van der Waals surface area contributed by atoms with Crippen LogP contribution in [-0.4, -0.2) is 24.3 Å². The summed E-state index contributed by atoms with van der Waals surface area (Å²) < 4.78 is 4.17. The molecule has 3 rings (SSSR count). The van der Waals surface area contributed by atoms with Gasteiger partial charge in [-0.25, -0.2) is 14.6 Å². The molecule has 0 spiro atoms. The first-order valence-corrected chi connectivity index (χ1v) is 8.02. The van der Waals surface area contributed by atoms with Gasteiger partial charge in [-0.15, -0.1) is 22.9 Å². The van der Waals surface area contributed by atoms with E-state index in [4.69, 9.17) is 11.6 Å². The van der Waals surface area contributed by atoms with Gasteiger partial charge in [0.2, 0.25) is 0 Å². The molecule has 20 heavy (non-hydrogen) atoms. The Labute approximate surface area is 126 Å². The third-order valence-electron chi connectivity index (χ3n) is 3.33. The summed E-state index contributed by atoms with van der Waals surface area (Å²) in [5.74, 6) is 1.32. The number of rotatable bonds is 5. The minimum Gasteiger partial charge on any atom is -0.311 e. The second-order valence-corrected chi connectivity index (χ2v) is 5.81. The largest absolute Gasteiger partial charge is 0.311 e. The standard InChI is InChI=1S/C13H16ClN5S/c1-3-19-13-12(9(2)17-19)16-10(8-14)18(13)6-4-11-15-5-7-20-11/h5,7H,3-4,6,8H2,1-2H3. The predicted octanol–water partition coefficient (Wildman–Crippen LogP) is 3.00. The van der Waals surface area contributed by atoms with E-state index in [0.717, 1.165) is 47.2 Å². The molecule has 7 heteroatoms. The number of nitrogens with zero attached hydrogens (tertiary/aromatic N) is 5. The van der Waals surface area contributed by atoms with Crippen molar-refractivity contribution in [3.05, 3.63) is 28.1 Å². The first-order valence-electron chi connectivity index (χ1n) is 6.61. The highest BCUT2D eigenvalue weighted by atomic mass is 35.5. The maximum atomic E-state index is 6.04. The van der Waals surface area contributed by atoms with E-state index in [9.17, 15) is 0 Å². The Morgan fingerprint density at radius 1 is 1.40 bits per heavy atom. The lowest BCUT2D eigenvalue weighted by Crippen LogP contribution is -2.09. The van der Waals surface area contributed by atoms with Crippen molar-refractivity contribution in [3.63, 3.8) is 0 Å². The molecule has 0 aliphatic carbocycles. The maximum absolute atomic E-state index is 6.04. The molecule has 0 atom stereocenters. The molecule has 0 aromatic carbocycles. The van der Waals surface area contributed by atoms with Crippen molar-refractivity contribution in [1.82, 2.24) is 24.3 Å². The van der Waals surface area contributed by atoms with Gasteiger partial charge in [-0.2, -0.15) is 5.10 Å². The molecule has 0 aliphatic rings. The predicted molar refractivity (Wildman–Crippen MR) is 81.3 cm³/mol. The molecule has 0 unspecified atom stereocenters. The summed E-state index contributed by atoms with van der Waals surface area (Å²) in [6.07, 6.45) is 2.73. The van der Waals surface area contributed by atoms with Crippen LogP contribution in [0.2, 0.25) is 0 Å². The van der Waals surface area contributed by atoms with Crippen molar-refractivity contribution < 1.29 is 0 Å². The van der Waals surface area contributed by atoms with Gasteiger partial charge in [0.1, 0.15) is 11.3 Å². The zero-order valence-corrected chi connectivity index (χ0v) is 13.1. The molecule has 3 heterocycles. The fourth-order valence-corrected chi connectivity index (χ4v) is 3.22. The molecule has 0 aliphatic heterocycles. The summed E-state index contributed by atoms with van der Waals surface area (Å²) in [5, 5.41) is 7.66. The molecule has 0 saturated heterocycles. The Bertz CT molecular complexity index is 713. The van der Waals surface area contributed by atoms with Crippen LogP contribution in [0.5, 0.6) is 0 Å². The van der Waals surface area contributed by atoms with E-state index >= 15 is 0 Å². The van der Waals surface area contributed by atoms with Crippen molar-refractivity contribution >= 4 is 34.1 Å². The Hall–Kier alpha value is -1.40. The Balaban J connectivity index is 2.02. The fraction of sp³-hybridized carbons (Fsp3) is 0.462. The zero-order chi connectivity index (χ0) is 14.1. The van der Waals surface area contributed by atoms with Crippen LogP contribution in [0, 0.1) is 6.92 Å². The highest BCUT2D eigenvalue weighted by molar-refractivity contribution is 7.09. The summed E-state index contributed by atoms with van der Waals surface area (Å²) in [7, 11) is 0. The number of hydrogen-bond donors (Lipinski definition) is 0.